The van der Waals surface area contributed by atoms with E-state index in [1.54, 1.807) is 0 Å². The zero-order chi connectivity index (χ0) is 7.49. The van der Waals surface area contributed by atoms with Crippen molar-refractivity contribution in [2.75, 3.05) is 0 Å². The summed E-state index contributed by atoms with van der Waals surface area (Å²) >= 11 is 0. The quantitative estimate of drug-likeness (QED) is 0.483. The van der Waals surface area contributed by atoms with Gasteiger partial charge in [-0.2, -0.15) is 10.2 Å². The van der Waals surface area contributed by atoms with Crippen molar-refractivity contribution in [1.29, 1.82) is 0 Å². The Hall–Kier alpha value is -0.660. The SMILES string of the molecule is C=C(C)/N=N/C(C)(C)C. The summed E-state index contributed by atoms with van der Waals surface area (Å²) in [6.07, 6.45) is 0. The van der Waals surface area contributed by atoms with E-state index < -0.39 is 0 Å². The highest BCUT2D eigenvalue weighted by molar-refractivity contribution is 4.83. The molecule has 0 aliphatic heterocycles. The summed E-state index contributed by atoms with van der Waals surface area (Å²) in [6.45, 7) is 11.4. The molecule has 0 aromatic carbocycles. The van der Waals surface area contributed by atoms with Gasteiger partial charge in [-0.15, -0.1) is 0 Å². The van der Waals surface area contributed by atoms with Crippen LogP contribution in [0.25, 0.3) is 0 Å². The largest absolute Gasteiger partial charge is 0.183 e. The van der Waals surface area contributed by atoms with Crippen LogP contribution in [0.3, 0.4) is 0 Å². The van der Waals surface area contributed by atoms with Gasteiger partial charge in [0, 0.05) is 0 Å². The average molecular weight is 126 g/mol. The van der Waals surface area contributed by atoms with Gasteiger partial charge in [0.15, 0.2) is 0 Å². The molecule has 0 amide bonds. The van der Waals surface area contributed by atoms with Crippen LogP contribution in [0.4, 0.5) is 0 Å². The highest BCUT2D eigenvalue weighted by atomic mass is 15.1. The summed E-state index contributed by atoms with van der Waals surface area (Å²) in [5, 5.41) is 7.81. The fourth-order valence-electron chi connectivity index (χ4n) is 0.235. The van der Waals surface area contributed by atoms with E-state index in [4.69, 9.17) is 0 Å². The van der Waals surface area contributed by atoms with Crippen LogP contribution in [0.2, 0.25) is 0 Å². The van der Waals surface area contributed by atoms with Crippen molar-refractivity contribution in [2.24, 2.45) is 10.2 Å². The first kappa shape index (κ1) is 8.34. The molecule has 0 saturated carbocycles. The molecule has 0 atom stereocenters. The molecule has 0 fully saturated rings. The molecule has 2 nitrogen and oxygen atoms in total. The molecule has 52 valence electrons. The first-order valence-electron chi connectivity index (χ1n) is 3.00. The van der Waals surface area contributed by atoms with E-state index in [0.29, 0.717) is 0 Å². The fourth-order valence-corrected chi connectivity index (χ4v) is 0.235. The van der Waals surface area contributed by atoms with Gasteiger partial charge < -0.3 is 0 Å². The molecule has 0 unspecified atom stereocenters. The second kappa shape index (κ2) is 2.76. The molecule has 0 spiro atoms. The van der Waals surface area contributed by atoms with E-state index in [1.165, 1.54) is 0 Å². The van der Waals surface area contributed by atoms with Crippen LogP contribution in [-0.2, 0) is 0 Å². The van der Waals surface area contributed by atoms with E-state index in [2.05, 4.69) is 16.8 Å². The molecule has 0 aliphatic rings. The first-order chi connectivity index (χ1) is 3.92. The van der Waals surface area contributed by atoms with Gasteiger partial charge in [-0.25, -0.2) is 0 Å². The monoisotopic (exact) mass is 126 g/mol. The van der Waals surface area contributed by atoms with E-state index >= 15 is 0 Å². The normalized spacial score (nSPS) is 12.4. The molecule has 0 aliphatic carbocycles. The molecule has 2 heteroatoms. The van der Waals surface area contributed by atoms with Crippen LogP contribution >= 0.6 is 0 Å². The maximum Gasteiger partial charge on any atom is 0.0736 e. The molecule has 0 radical (unpaired) electrons. The van der Waals surface area contributed by atoms with E-state index in [1.807, 2.05) is 27.7 Å². The topological polar surface area (TPSA) is 24.7 Å². The zero-order valence-electron chi connectivity index (χ0n) is 6.60. The van der Waals surface area contributed by atoms with E-state index in [0.717, 1.165) is 5.70 Å². The van der Waals surface area contributed by atoms with Crippen molar-refractivity contribution in [3.63, 3.8) is 0 Å². The Bertz CT molecular complexity index is 128. The van der Waals surface area contributed by atoms with Crippen molar-refractivity contribution >= 4 is 0 Å². The highest BCUT2D eigenvalue weighted by Gasteiger charge is 2.05. The molecule has 0 N–H and O–H groups in total. The Morgan fingerprint density at radius 3 is 1.89 bits per heavy atom. The van der Waals surface area contributed by atoms with Crippen molar-refractivity contribution in [1.82, 2.24) is 0 Å². The predicted octanol–water partition coefficient (Wildman–Crippen LogP) is 2.77. The number of hydrogen-bond donors (Lipinski definition) is 0. The molecule has 0 heterocycles. The van der Waals surface area contributed by atoms with Crippen molar-refractivity contribution in [3.8, 4) is 0 Å². The lowest BCUT2D eigenvalue weighted by molar-refractivity contribution is 0.548. The summed E-state index contributed by atoms with van der Waals surface area (Å²) in [4.78, 5) is 0. The second-order valence-electron chi connectivity index (χ2n) is 3.11. The first-order valence-corrected chi connectivity index (χ1v) is 3.00. The van der Waals surface area contributed by atoms with E-state index in [-0.39, 0.29) is 5.54 Å². The maximum atomic E-state index is 3.98. The summed E-state index contributed by atoms with van der Waals surface area (Å²) in [5.74, 6) is 0. The lowest BCUT2D eigenvalue weighted by Gasteiger charge is -2.07. The minimum Gasteiger partial charge on any atom is -0.183 e. The van der Waals surface area contributed by atoms with E-state index in [9.17, 15) is 0 Å². The second-order valence-corrected chi connectivity index (χ2v) is 3.11. The van der Waals surface area contributed by atoms with Gasteiger partial charge in [0.05, 0.1) is 11.2 Å². The maximum absolute atomic E-state index is 3.98. The van der Waals surface area contributed by atoms with Crippen molar-refractivity contribution in [3.05, 3.63) is 12.3 Å². The van der Waals surface area contributed by atoms with Crippen LogP contribution in [0.1, 0.15) is 27.7 Å². The Morgan fingerprint density at radius 2 is 1.78 bits per heavy atom. The minimum atomic E-state index is -0.0705. The Balaban J connectivity index is 3.86. The lowest BCUT2D eigenvalue weighted by atomic mass is 10.1. The van der Waals surface area contributed by atoms with Gasteiger partial charge in [-0.1, -0.05) is 6.58 Å². The van der Waals surface area contributed by atoms with Gasteiger partial charge in [-0.05, 0) is 27.7 Å². The molecule has 0 bridgehead atoms. The summed E-state index contributed by atoms with van der Waals surface area (Å²) in [6, 6.07) is 0. The third kappa shape index (κ3) is 7.34. The predicted molar refractivity (Wildman–Crippen MR) is 39.4 cm³/mol. The smallest absolute Gasteiger partial charge is 0.0736 e. The fraction of sp³-hybridized carbons (Fsp3) is 0.714. The van der Waals surface area contributed by atoms with Crippen LogP contribution in [0.5, 0.6) is 0 Å². The third-order valence-electron chi connectivity index (χ3n) is 0.521. The highest BCUT2D eigenvalue weighted by Crippen LogP contribution is 2.08. The van der Waals surface area contributed by atoms with Crippen molar-refractivity contribution in [2.45, 2.75) is 33.2 Å². The number of azo groups is 1. The molecule has 9 heavy (non-hydrogen) atoms. The molecular weight excluding hydrogens is 112 g/mol. The Kier molecular flexibility index (Phi) is 2.56. The molecular formula is C7H14N2. The minimum absolute atomic E-state index is 0.0705. The number of hydrogen-bond acceptors (Lipinski definition) is 2. The summed E-state index contributed by atoms with van der Waals surface area (Å²) in [7, 11) is 0. The van der Waals surface area contributed by atoms with Crippen LogP contribution < -0.4 is 0 Å². The van der Waals surface area contributed by atoms with Gasteiger partial charge >= 0.3 is 0 Å². The van der Waals surface area contributed by atoms with Crippen molar-refractivity contribution < 1.29 is 0 Å². The van der Waals surface area contributed by atoms with Crippen LogP contribution in [-0.4, -0.2) is 5.54 Å². The molecule has 0 rings (SSSR count). The van der Waals surface area contributed by atoms with Crippen LogP contribution in [0, 0.1) is 0 Å². The number of allylic oxidation sites excluding steroid dienone is 1. The molecule has 0 aromatic heterocycles. The van der Waals surface area contributed by atoms with Gasteiger partial charge in [-0.3, -0.25) is 0 Å². The summed E-state index contributed by atoms with van der Waals surface area (Å²) < 4.78 is 0. The Morgan fingerprint density at radius 1 is 1.33 bits per heavy atom. The lowest BCUT2D eigenvalue weighted by Crippen LogP contribution is -2.07. The molecule has 0 aromatic rings. The van der Waals surface area contributed by atoms with Crippen LogP contribution in [0.15, 0.2) is 22.5 Å². The number of nitrogens with zero attached hydrogens (tertiary/aromatic N) is 2. The van der Waals surface area contributed by atoms with Gasteiger partial charge in [0.1, 0.15) is 0 Å². The average Bonchev–Trinajstić information content (AvgIpc) is 1.59. The zero-order valence-corrected chi connectivity index (χ0v) is 6.60. The summed E-state index contributed by atoms with van der Waals surface area (Å²) in [5.41, 5.74) is 0.684. The standard InChI is InChI=1S/C7H14N2/c1-6(2)8-9-7(3,4)5/h1H2,2-5H3/b9-8+. The number of rotatable bonds is 1. The third-order valence-corrected chi connectivity index (χ3v) is 0.521. The Labute approximate surface area is 56.7 Å². The molecule has 0 saturated heterocycles. The van der Waals surface area contributed by atoms with Gasteiger partial charge in [0.25, 0.3) is 0 Å². The van der Waals surface area contributed by atoms with Gasteiger partial charge in [0.2, 0.25) is 0 Å².